The van der Waals surface area contributed by atoms with E-state index in [4.69, 9.17) is 0 Å². The van der Waals surface area contributed by atoms with Gasteiger partial charge in [-0.3, -0.25) is 9.80 Å². The summed E-state index contributed by atoms with van der Waals surface area (Å²) < 4.78 is 0. The minimum Gasteiger partial charge on any atom is -0.508 e. The van der Waals surface area contributed by atoms with Gasteiger partial charge in [0.2, 0.25) is 0 Å². The maximum absolute atomic E-state index is 10.0. The zero-order valence-corrected chi connectivity index (χ0v) is 12.6. The molecule has 1 aromatic rings. The van der Waals surface area contributed by atoms with Crippen molar-refractivity contribution in [1.82, 2.24) is 9.80 Å². The van der Waals surface area contributed by atoms with Gasteiger partial charge in [-0.25, -0.2) is 0 Å². The molecule has 1 N–H and O–H groups in total. The molecule has 0 aromatic heterocycles. The fourth-order valence-electron chi connectivity index (χ4n) is 2.85. The Kier molecular flexibility index (Phi) is 4.48. The number of hydrogen-bond acceptors (Lipinski definition) is 3. The summed E-state index contributed by atoms with van der Waals surface area (Å²) >= 11 is 0. The van der Waals surface area contributed by atoms with E-state index in [0.29, 0.717) is 11.8 Å². The Labute approximate surface area is 116 Å². The molecule has 1 aromatic carbocycles. The van der Waals surface area contributed by atoms with E-state index in [9.17, 15) is 5.11 Å². The number of benzene rings is 1. The Bertz CT molecular complexity index is 423. The van der Waals surface area contributed by atoms with Crippen LogP contribution in [0.2, 0.25) is 0 Å². The molecule has 3 nitrogen and oxygen atoms in total. The van der Waals surface area contributed by atoms with E-state index in [1.807, 2.05) is 12.1 Å². The average molecular weight is 262 g/mol. The lowest BCUT2D eigenvalue weighted by molar-refractivity contribution is 0.0826. The Morgan fingerprint density at radius 3 is 2.16 bits per heavy atom. The van der Waals surface area contributed by atoms with Crippen LogP contribution < -0.4 is 0 Å². The highest BCUT2D eigenvalue weighted by atomic mass is 16.3. The molecular formula is C16H26N2O. The average Bonchev–Trinajstić information content (AvgIpc) is 2.41. The minimum absolute atomic E-state index is 0.286. The first-order valence-corrected chi connectivity index (χ1v) is 7.26. The third kappa shape index (κ3) is 3.28. The standard InChI is InChI=1S/C16H26N2O/c1-12(2)17-7-9-18(10-8-17)14(4)15-11-13(3)5-6-16(15)19/h5-6,11-12,14,19H,7-10H2,1-4H3. The molecule has 3 heteroatoms. The smallest absolute Gasteiger partial charge is 0.120 e. The molecule has 2 rings (SSSR count). The number of piperazine rings is 1. The first-order chi connectivity index (χ1) is 8.99. The van der Waals surface area contributed by atoms with Crippen molar-refractivity contribution < 1.29 is 5.11 Å². The van der Waals surface area contributed by atoms with Gasteiger partial charge < -0.3 is 5.11 Å². The Balaban J connectivity index is 2.05. The van der Waals surface area contributed by atoms with Gasteiger partial charge in [0.15, 0.2) is 0 Å². The molecule has 0 bridgehead atoms. The van der Waals surface area contributed by atoms with Crippen LogP contribution in [0.3, 0.4) is 0 Å². The molecule has 1 unspecified atom stereocenters. The molecular weight excluding hydrogens is 236 g/mol. The molecule has 1 aliphatic rings. The van der Waals surface area contributed by atoms with Crippen LogP contribution in [0.25, 0.3) is 0 Å². The first kappa shape index (κ1) is 14.4. The largest absolute Gasteiger partial charge is 0.508 e. The Morgan fingerprint density at radius 1 is 1.00 bits per heavy atom. The number of nitrogens with zero attached hydrogens (tertiary/aromatic N) is 2. The molecule has 0 spiro atoms. The molecule has 1 saturated heterocycles. The van der Waals surface area contributed by atoms with Gasteiger partial charge in [0, 0.05) is 43.8 Å². The Hall–Kier alpha value is -1.06. The first-order valence-electron chi connectivity index (χ1n) is 7.26. The van der Waals surface area contributed by atoms with Crippen LogP contribution in [0.5, 0.6) is 5.75 Å². The third-order valence-corrected chi connectivity index (χ3v) is 4.26. The summed E-state index contributed by atoms with van der Waals surface area (Å²) in [5.41, 5.74) is 2.26. The van der Waals surface area contributed by atoms with Crippen molar-refractivity contribution in [3.05, 3.63) is 29.3 Å². The van der Waals surface area contributed by atoms with Crippen LogP contribution in [0.1, 0.15) is 37.9 Å². The SMILES string of the molecule is Cc1ccc(O)c(C(C)N2CCN(C(C)C)CC2)c1. The molecule has 106 valence electrons. The van der Waals surface area contributed by atoms with Gasteiger partial charge in [-0.1, -0.05) is 17.7 Å². The second-order valence-electron chi connectivity index (χ2n) is 5.90. The second kappa shape index (κ2) is 5.93. The lowest BCUT2D eigenvalue weighted by atomic mass is 10.0. The predicted molar refractivity (Wildman–Crippen MR) is 79.5 cm³/mol. The van der Waals surface area contributed by atoms with Crippen LogP contribution in [-0.2, 0) is 0 Å². The lowest BCUT2D eigenvalue weighted by Crippen LogP contribution is -2.49. The zero-order valence-electron chi connectivity index (χ0n) is 12.6. The maximum atomic E-state index is 10.0. The molecule has 19 heavy (non-hydrogen) atoms. The van der Waals surface area contributed by atoms with Crippen molar-refractivity contribution >= 4 is 0 Å². The van der Waals surface area contributed by atoms with E-state index in [-0.39, 0.29) is 6.04 Å². The van der Waals surface area contributed by atoms with E-state index in [0.717, 1.165) is 31.7 Å². The van der Waals surface area contributed by atoms with Crippen molar-refractivity contribution in [2.75, 3.05) is 26.2 Å². The van der Waals surface area contributed by atoms with Crippen molar-refractivity contribution in [3.63, 3.8) is 0 Å². The van der Waals surface area contributed by atoms with Crippen LogP contribution in [0.4, 0.5) is 0 Å². The third-order valence-electron chi connectivity index (χ3n) is 4.26. The highest BCUT2D eigenvalue weighted by molar-refractivity contribution is 5.37. The quantitative estimate of drug-likeness (QED) is 0.907. The van der Waals surface area contributed by atoms with Crippen LogP contribution in [0, 0.1) is 6.92 Å². The molecule has 1 aliphatic heterocycles. The molecule has 1 fully saturated rings. The molecule has 0 amide bonds. The van der Waals surface area contributed by atoms with Gasteiger partial charge in [0.25, 0.3) is 0 Å². The number of rotatable bonds is 3. The molecule has 1 heterocycles. The number of aryl methyl sites for hydroxylation is 1. The van der Waals surface area contributed by atoms with Crippen LogP contribution in [-0.4, -0.2) is 47.1 Å². The molecule has 1 atom stereocenters. The number of hydrogen-bond donors (Lipinski definition) is 1. The highest BCUT2D eigenvalue weighted by Gasteiger charge is 2.24. The fraction of sp³-hybridized carbons (Fsp3) is 0.625. The second-order valence-corrected chi connectivity index (χ2v) is 5.90. The fourth-order valence-corrected chi connectivity index (χ4v) is 2.85. The van der Waals surface area contributed by atoms with Gasteiger partial charge in [-0.15, -0.1) is 0 Å². The normalized spacial score (nSPS) is 19.8. The number of phenols is 1. The summed E-state index contributed by atoms with van der Waals surface area (Å²) in [4.78, 5) is 4.98. The monoisotopic (exact) mass is 262 g/mol. The van der Waals surface area contributed by atoms with Gasteiger partial charge in [-0.05, 0) is 33.8 Å². The topological polar surface area (TPSA) is 26.7 Å². The Morgan fingerprint density at radius 2 is 1.58 bits per heavy atom. The van der Waals surface area contributed by atoms with Gasteiger partial charge in [-0.2, -0.15) is 0 Å². The zero-order chi connectivity index (χ0) is 14.0. The highest BCUT2D eigenvalue weighted by Crippen LogP contribution is 2.29. The van der Waals surface area contributed by atoms with Gasteiger partial charge in [0.05, 0.1) is 0 Å². The van der Waals surface area contributed by atoms with Gasteiger partial charge in [0.1, 0.15) is 5.75 Å². The van der Waals surface area contributed by atoms with Crippen molar-refractivity contribution in [1.29, 1.82) is 0 Å². The molecule has 0 saturated carbocycles. The summed E-state index contributed by atoms with van der Waals surface area (Å²) in [7, 11) is 0. The van der Waals surface area contributed by atoms with E-state index < -0.39 is 0 Å². The summed E-state index contributed by atoms with van der Waals surface area (Å²) in [6.07, 6.45) is 0. The van der Waals surface area contributed by atoms with Crippen molar-refractivity contribution in [3.8, 4) is 5.75 Å². The maximum Gasteiger partial charge on any atom is 0.120 e. The number of aromatic hydroxyl groups is 1. The van der Waals surface area contributed by atoms with E-state index in [1.165, 1.54) is 5.56 Å². The van der Waals surface area contributed by atoms with E-state index in [2.05, 4.69) is 43.6 Å². The molecule has 0 aliphatic carbocycles. The van der Waals surface area contributed by atoms with Gasteiger partial charge >= 0.3 is 0 Å². The summed E-state index contributed by atoms with van der Waals surface area (Å²) in [5.74, 6) is 0.421. The lowest BCUT2D eigenvalue weighted by Gasteiger charge is -2.40. The molecule has 0 radical (unpaired) electrons. The van der Waals surface area contributed by atoms with Crippen molar-refractivity contribution in [2.45, 2.75) is 39.8 Å². The van der Waals surface area contributed by atoms with Crippen LogP contribution >= 0.6 is 0 Å². The van der Waals surface area contributed by atoms with Crippen molar-refractivity contribution in [2.24, 2.45) is 0 Å². The summed E-state index contributed by atoms with van der Waals surface area (Å²) in [6.45, 7) is 13.2. The van der Waals surface area contributed by atoms with E-state index >= 15 is 0 Å². The minimum atomic E-state index is 0.286. The van der Waals surface area contributed by atoms with Crippen LogP contribution in [0.15, 0.2) is 18.2 Å². The van der Waals surface area contributed by atoms with E-state index in [1.54, 1.807) is 0 Å². The predicted octanol–water partition coefficient (Wildman–Crippen LogP) is 2.79. The summed E-state index contributed by atoms with van der Waals surface area (Å²) in [6, 6.07) is 6.79. The summed E-state index contributed by atoms with van der Waals surface area (Å²) in [5, 5.41) is 10.0. The number of phenolic OH excluding ortho intramolecular Hbond substituents is 1.